The molecule has 2 N–H and O–H groups in total. The molecule has 0 aliphatic heterocycles. The average molecular weight is 584 g/mol. The van der Waals surface area contributed by atoms with E-state index in [0.717, 1.165) is 25.1 Å². The second kappa shape index (κ2) is 8.73. The third kappa shape index (κ3) is 4.90. The van der Waals surface area contributed by atoms with Crippen molar-refractivity contribution in [2.45, 2.75) is 18.0 Å². The molecule has 0 atom stereocenters. The lowest BCUT2D eigenvalue weighted by Gasteiger charge is -2.17. The lowest BCUT2D eigenvalue weighted by molar-refractivity contribution is -0.155. The normalized spacial score (nSPS) is 12.0. The molecular weight excluding hydrogens is 570 g/mol. The zero-order valence-corrected chi connectivity index (χ0v) is 19.1. The SMILES string of the molecule is C=Cc1ccc(NS(=O)(=O)c2cc(C)oc2C(F)(F)F)c(Nc2ccc(I)cc2F)c1F. The fraction of sp³-hybridized carbons (Fsp3) is 0.100. The first kappa shape index (κ1) is 24.0. The fourth-order valence-electron chi connectivity index (χ4n) is 2.77. The summed E-state index contributed by atoms with van der Waals surface area (Å²) < 4.78 is 101. The molecule has 1 heterocycles. The van der Waals surface area contributed by atoms with Gasteiger partial charge in [-0.1, -0.05) is 12.7 Å². The van der Waals surface area contributed by atoms with Crippen molar-refractivity contribution in [1.29, 1.82) is 0 Å². The third-order valence-corrected chi connectivity index (χ3v) is 6.24. The van der Waals surface area contributed by atoms with E-state index in [2.05, 4.69) is 16.3 Å². The van der Waals surface area contributed by atoms with Gasteiger partial charge in [0, 0.05) is 15.2 Å². The third-order valence-electron chi connectivity index (χ3n) is 4.20. The molecule has 3 aromatic rings. The molecule has 3 rings (SSSR count). The van der Waals surface area contributed by atoms with Crippen LogP contribution in [-0.4, -0.2) is 8.42 Å². The molecule has 0 unspecified atom stereocenters. The van der Waals surface area contributed by atoms with Gasteiger partial charge in [0.05, 0.1) is 17.1 Å². The van der Waals surface area contributed by atoms with Gasteiger partial charge in [-0.2, -0.15) is 13.2 Å². The van der Waals surface area contributed by atoms with Gasteiger partial charge >= 0.3 is 6.18 Å². The van der Waals surface area contributed by atoms with Crippen molar-refractivity contribution >= 4 is 55.8 Å². The fourth-order valence-corrected chi connectivity index (χ4v) is 4.52. The summed E-state index contributed by atoms with van der Waals surface area (Å²) in [5, 5.41) is 2.46. The Kier molecular flexibility index (Phi) is 6.56. The largest absolute Gasteiger partial charge is 0.455 e. The highest BCUT2D eigenvalue weighted by atomic mass is 127. The zero-order valence-electron chi connectivity index (χ0n) is 16.1. The summed E-state index contributed by atoms with van der Waals surface area (Å²) in [5.41, 5.74) is -1.17. The minimum atomic E-state index is -5.08. The number of sulfonamides is 1. The first-order chi connectivity index (χ1) is 14.8. The molecule has 0 bridgehead atoms. The summed E-state index contributed by atoms with van der Waals surface area (Å²) in [5.74, 6) is -3.74. The number of furan rings is 1. The van der Waals surface area contributed by atoms with E-state index < -0.39 is 49.9 Å². The van der Waals surface area contributed by atoms with Crippen LogP contribution in [0.3, 0.4) is 0 Å². The van der Waals surface area contributed by atoms with Gasteiger partial charge in [-0.15, -0.1) is 0 Å². The van der Waals surface area contributed by atoms with E-state index in [1.54, 1.807) is 0 Å². The van der Waals surface area contributed by atoms with Gasteiger partial charge in [0.15, 0.2) is 5.82 Å². The maximum atomic E-state index is 15.0. The van der Waals surface area contributed by atoms with Crippen LogP contribution < -0.4 is 10.0 Å². The molecule has 0 saturated carbocycles. The molecule has 12 heteroatoms. The predicted molar refractivity (Wildman–Crippen MR) is 118 cm³/mol. The monoisotopic (exact) mass is 584 g/mol. The van der Waals surface area contributed by atoms with Crippen LogP contribution in [-0.2, 0) is 16.2 Å². The van der Waals surface area contributed by atoms with Crippen molar-refractivity contribution in [2.24, 2.45) is 0 Å². The number of halogens is 6. The minimum Gasteiger partial charge on any atom is -0.455 e. The van der Waals surface area contributed by atoms with Gasteiger partial charge in [0.2, 0.25) is 5.76 Å². The summed E-state index contributed by atoms with van der Waals surface area (Å²) in [6.45, 7) is 4.60. The second-order valence-corrected chi connectivity index (χ2v) is 9.39. The Morgan fingerprint density at radius 2 is 1.75 bits per heavy atom. The molecule has 5 nitrogen and oxygen atoms in total. The molecule has 32 heavy (non-hydrogen) atoms. The van der Waals surface area contributed by atoms with E-state index in [4.69, 9.17) is 0 Å². The molecule has 0 aliphatic carbocycles. The van der Waals surface area contributed by atoms with Gasteiger partial charge in [-0.25, -0.2) is 17.2 Å². The van der Waals surface area contributed by atoms with Crippen LogP contribution in [0.25, 0.3) is 6.08 Å². The number of aryl methyl sites for hydroxylation is 1. The Morgan fingerprint density at radius 1 is 1.09 bits per heavy atom. The maximum Gasteiger partial charge on any atom is 0.450 e. The number of hydrogen-bond donors (Lipinski definition) is 2. The number of anilines is 3. The van der Waals surface area contributed by atoms with Crippen LogP contribution in [0, 0.1) is 22.1 Å². The molecule has 0 fully saturated rings. The van der Waals surface area contributed by atoms with Crippen molar-refractivity contribution in [2.75, 3.05) is 10.0 Å². The Morgan fingerprint density at radius 3 is 2.34 bits per heavy atom. The molecule has 0 saturated heterocycles. The molecule has 0 amide bonds. The lowest BCUT2D eigenvalue weighted by Crippen LogP contribution is -2.18. The molecule has 2 aromatic carbocycles. The van der Waals surface area contributed by atoms with Crippen molar-refractivity contribution in [3.63, 3.8) is 0 Å². The second-order valence-electron chi connectivity index (χ2n) is 6.50. The van der Waals surface area contributed by atoms with Crippen LogP contribution in [0.5, 0.6) is 0 Å². The Labute approximate surface area is 193 Å². The van der Waals surface area contributed by atoms with Crippen molar-refractivity contribution in [3.8, 4) is 0 Å². The van der Waals surface area contributed by atoms with E-state index >= 15 is 0 Å². The summed E-state index contributed by atoms with van der Waals surface area (Å²) in [7, 11) is -4.87. The first-order valence-electron chi connectivity index (χ1n) is 8.71. The lowest BCUT2D eigenvalue weighted by atomic mass is 10.1. The summed E-state index contributed by atoms with van der Waals surface area (Å²) >= 11 is 1.87. The average Bonchev–Trinajstić information content (AvgIpc) is 3.09. The quantitative estimate of drug-likeness (QED) is 0.251. The summed E-state index contributed by atoms with van der Waals surface area (Å²) in [4.78, 5) is -1.16. The zero-order chi connectivity index (χ0) is 23.8. The van der Waals surface area contributed by atoms with Crippen molar-refractivity contribution < 1.29 is 34.8 Å². The highest BCUT2D eigenvalue weighted by Crippen LogP contribution is 2.39. The number of hydrogen-bond acceptors (Lipinski definition) is 4. The Hall–Kier alpha value is -2.61. The summed E-state index contributed by atoms with van der Waals surface area (Å²) in [6, 6.07) is 6.97. The summed E-state index contributed by atoms with van der Waals surface area (Å²) in [6.07, 6.45) is -3.94. The Balaban J connectivity index is 2.11. The topological polar surface area (TPSA) is 71.3 Å². The van der Waals surface area contributed by atoms with Crippen LogP contribution in [0.15, 0.2) is 52.3 Å². The van der Waals surface area contributed by atoms with Crippen LogP contribution in [0.2, 0.25) is 0 Å². The molecule has 170 valence electrons. The number of rotatable bonds is 6. The molecule has 0 radical (unpaired) electrons. The van der Waals surface area contributed by atoms with E-state index in [1.165, 1.54) is 18.2 Å². The van der Waals surface area contributed by atoms with Gasteiger partial charge in [0.25, 0.3) is 10.0 Å². The van der Waals surface area contributed by atoms with Crippen LogP contribution >= 0.6 is 22.6 Å². The number of alkyl halides is 3. The molecule has 0 aliphatic rings. The predicted octanol–water partition coefficient (Wildman–Crippen LogP) is 6.68. The minimum absolute atomic E-state index is 0.0449. The van der Waals surface area contributed by atoms with E-state index in [-0.39, 0.29) is 17.0 Å². The molecular formula is C20H14F5IN2O3S. The highest BCUT2D eigenvalue weighted by molar-refractivity contribution is 14.1. The smallest absolute Gasteiger partial charge is 0.450 e. The van der Waals surface area contributed by atoms with E-state index in [9.17, 15) is 30.4 Å². The van der Waals surface area contributed by atoms with E-state index in [1.807, 2.05) is 27.3 Å². The number of benzene rings is 2. The van der Waals surface area contributed by atoms with Crippen molar-refractivity contribution in [3.05, 3.63) is 75.3 Å². The molecule has 0 spiro atoms. The standard InChI is InChI=1S/C20H14F5IN2O3S/c1-3-11-4-6-15(18(17(11)22)27-14-7-5-12(26)9-13(14)21)28-32(29,30)16-8-10(2)31-19(16)20(23,24)25/h3-9,27-28H,1H2,2H3. The van der Waals surface area contributed by atoms with Crippen LogP contribution in [0.1, 0.15) is 17.1 Å². The molecule has 1 aromatic heterocycles. The van der Waals surface area contributed by atoms with Gasteiger partial charge in [-0.3, -0.25) is 4.72 Å². The van der Waals surface area contributed by atoms with Crippen molar-refractivity contribution in [1.82, 2.24) is 0 Å². The first-order valence-corrected chi connectivity index (χ1v) is 11.3. The maximum absolute atomic E-state index is 15.0. The van der Waals surface area contributed by atoms with E-state index in [0.29, 0.717) is 9.64 Å². The van der Waals surface area contributed by atoms with Gasteiger partial charge < -0.3 is 9.73 Å². The Bertz CT molecular complexity index is 1300. The highest BCUT2D eigenvalue weighted by Gasteiger charge is 2.42. The van der Waals surface area contributed by atoms with Crippen LogP contribution in [0.4, 0.5) is 39.0 Å². The van der Waals surface area contributed by atoms with Gasteiger partial charge in [0.1, 0.15) is 16.5 Å². The van der Waals surface area contributed by atoms with Gasteiger partial charge in [-0.05, 0) is 59.8 Å². The number of nitrogens with one attached hydrogen (secondary N) is 2.